The molecular weight excluding hydrogens is 333 g/mol. The summed E-state index contributed by atoms with van der Waals surface area (Å²) in [5.74, 6) is 0. The fraction of sp³-hybridized carbons (Fsp3) is 0.154. The van der Waals surface area contributed by atoms with Crippen LogP contribution in [-0.4, -0.2) is 19.9 Å². The Morgan fingerprint density at radius 2 is 1.95 bits per heavy atom. The van der Waals surface area contributed by atoms with Crippen LogP contribution in [0.1, 0.15) is 6.92 Å². The van der Waals surface area contributed by atoms with Crippen LogP contribution in [0.2, 0.25) is 10.0 Å². The van der Waals surface area contributed by atoms with Crippen molar-refractivity contribution in [1.82, 2.24) is 4.98 Å². The van der Waals surface area contributed by atoms with Gasteiger partial charge in [0.1, 0.15) is 4.90 Å². The number of nitrogens with zero attached hydrogens (tertiary/aromatic N) is 1. The van der Waals surface area contributed by atoms with Gasteiger partial charge in [0.05, 0.1) is 16.4 Å². The summed E-state index contributed by atoms with van der Waals surface area (Å²) in [6.45, 7) is 2.47. The maximum atomic E-state index is 12.5. The molecular formula is C13H13Cl2N3O2S. The van der Waals surface area contributed by atoms with Gasteiger partial charge in [-0.05, 0) is 31.2 Å². The highest BCUT2D eigenvalue weighted by Crippen LogP contribution is 2.29. The molecule has 0 saturated carbocycles. The van der Waals surface area contributed by atoms with E-state index in [2.05, 4.69) is 15.0 Å². The molecule has 0 aliphatic carbocycles. The van der Waals surface area contributed by atoms with Gasteiger partial charge in [0.2, 0.25) is 0 Å². The van der Waals surface area contributed by atoms with Gasteiger partial charge in [-0.2, -0.15) is 0 Å². The second kappa shape index (κ2) is 6.51. The van der Waals surface area contributed by atoms with Crippen molar-refractivity contribution < 1.29 is 8.42 Å². The zero-order valence-electron chi connectivity index (χ0n) is 11.1. The van der Waals surface area contributed by atoms with Crippen LogP contribution in [0.15, 0.2) is 41.6 Å². The molecule has 0 bridgehead atoms. The predicted octanol–water partition coefficient (Wildman–Crippen LogP) is 3.62. The molecule has 2 N–H and O–H groups in total. The van der Waals surface area contributed by atoms with Crippen LogP contribution < -0.4 is 10.0 Å². The normalized spacial score (nSPS) is 11.2. The molecule has 1 heterocycles. The fourth-order valence-corrected chi connectivity index (χ4v) is 3.42. The molecule has 0 radical (unpaired) electrons. The van der Waals surface area contributed by atoms with Crippen molar-refractivity contribution in [3.05, 3.63) is 46.7 Å². The number of hydrogen-bond donors (Lipinski definition) is 2. The average Bonchev–Trinajstić information content (AvgIpc) is 2.43. The van der Waals surface area contributed by atoms with E-state index in [0.717, 1.165) is 0 Å². The van der Waals surface area contributed by atoms with Crippen molar-refractivity contribution in [2.45, 2.75) is 11.8 Å². The standard InChI is InChI=1S/C13H13Cl2N3O2S/c1-2-17-12-5-6-16-8-13(12)21(19,20)18-11-4-3-9(14)7-10(11)15/h3-8,18H,2H2,1H3,(H,16,17). The Morgan fingerprint density at radius 1 is 1.19 bits per heavy atom. The van der Waals surface area contributed by atoms with Gasteiger partial charge in [-0.3, -0.25) is 9.71 Å². The largest absolute Gasteiger partial charge is 0.384 e. The summed E-state index contributed by atoms with van der Waals surface area (Å²) in [7, 11) is -3.80. The Balaban J connectivity index is 2.39. The van der Waals surface area contributed by atoms with E-state index in [0.29, 0.717) is 17.3 Å². The maximum absolute atomic E-state index is 12.5. The Hall–Kier alpha value is -1.50. The highest BCUT2D eigenvalue weighted by molar-refractivity contribution is 7.92. The van der Waals surface area contributed by atoms with Crippen LogP contribution in [-0.2, 0) is 10.0 Å². The van der Waals surface area contributed by atoms with E-state index < -0.39 is 10.0 Å². The second-order valence-electron chi connectivity index (χ2n) is 4.13. The lowest BCUT2D eigenvalue weighted by Crippen LogP contribution is -2.16. The van der Waals surface area contributed by atoms with Gasteiger partial charge in [-0.15, -0.1) is 0 Å². The lowest BCUT2D eigenvalue weighted by Gasteiger charge is -2.13. The van der Waals surface area contributed by atoms with Crippen LogP contribution in [0, 0.1) is 0 Å². The van der Waals surface area contributed by atoms with Crippen molar-refractivity contribution in [3.8, 4) is 0 Å². The summed E-state index contributed by atoms with van der Waals surface area (Å²) >= 11 is 11.8. The molecule has 5 nitrogen and oxygen atoms in total. The van der Waals surface area contributed by atoms with Gasteiger partial charge < -0.3 is 5.32 Å². The van der Waals surface area contributed by atoms with Crippen LogP contribution in [0.25, 0.3) is 0 Å². The van der Waals surface area contributed by atoms with Gasteiger partial charge in [0.25, 0.3) is 10.0 Å². The fourth-order valence-electron chi connectivity index (χ4n) is 1.70. The molecule has 0 amide bonds. The molecule has 0 spiro atoms. The quantitative estimate of drug-likeness (QED) is 0.867. The number of anilines is 2. The van der Waals surface area contributed by atoms with Crippen molar-refractivity contribution >= 4 is 44.6 Å². The molecule has 0 aliphatic heterocycles. The van der Waals surface area contributed by atoms with Crippen molar-refractivity contribution in [2.75, 3.05) is 16.6 Å². The second-order valence-corrected chi connectivity index (χ2v) is 6.63. The number of nitrogens with one attached hydrogen (secondary N) is 2. The van der Waals surface area contributed by atoms with Crippen LogP contribution in [0.3, 0.4) is 0 Å². The van der Waals surface area contributed by atoms with Crippen molar-refractivity contribution in [2.24, 2.45) is 0 Å². The Morgan fingerprint density at radius 3 is 2.62 bits per heavy atom. The third-order valence-electron chi connectivity index (χ3n) is 2.62. The zero-order chi connectivity index (χ0) is 15.5. The van der Waals surface area contributed by atoms with Crippen molar-refractivity contribution in [1.29, 1.82) is 0 Å². The summed E-state index contributed by atoms with van der Waals surface area (Å²) in [6, 6.07) is 6.13. The molecule has 0 aliphatic rings. The highest BCUT2D eigenvalue weighted by Gasteiger charge is 2.20. The van der Waals surface area contributed by atoms with E-state index in [1.54, 1.807) is 12.1 Å². The van der Waals surface area contributed by atoms with E-state index in [1.807, 2.05) is 6.92 Å². The van der Waals surface area contributed by atoms with Gasteiger partial charge in [0, 0.05) is 24.0 Å². The van der Waals surface area contributed by atoms with Gasteiger partial charge in [-0.1, -0.05) is 23.2 Å². The minimum absolute atomic E-state index is 0.0536. The minimum Gasteiger partial charge on any atom is -0.384 e. The van der Waals surface area contributed by atoms with Gasteiger partial charge in [0.15, 0.2) is 0 Å². The first kappa shape index (κ1) is 15.9. The first-order valence-electron chi connectivity index (χ1n) is 6.10. The predicted molar refractivity (Wildman–Crippen MR) is 85.7 cm³/mol. The molecule has 8 heteroatoms. The highest BCUT2D eigenvalue weighted by atomic mass is 35.5. The SMILES string of the molecule is CCNc1ccncc1S(=O)(=O)Nc1ccc(Cl)cc1Cl. The molecule has 0 atom stereocenters. The third kappa shape index (κ3) is 3.78. The first-order chi connectivity index (χ1) is 9.94. The number of pyridine rings is 1. The number of aromatic nitrogens is 1. The Kier molecular flexibility index (Phi) is 4.92. The molecule has 1 aromatic carbocycles. The zero-order valence-corrected chi connectivity index (χ0v) is 13.4. The van der Waals surface area contributed by atoms with E-state index in [1.165, 1.54) is 24.5 Å². The lowest BCUT2D eigenvalue weighted by molar-refractivity contribution is 0.601. The maximum Gasteiger partial charge on any atom is 0.265 e. The summed E-state index contributed by atoms with van der Waals surface area (Å²) < 4.78 is 27.3. The molecule has 21 heavy (non-hydrogen) atoms. The number of benzene rings is 1. The molecule has 1 aromatic heterocycles. The van der Waals surface area contributed by atoms with E-state index in [9.17, 15) is 8.42 Å². The van der Waals surface area contributed by atoms with E-state index in [-0.39, 0.29) is 15.6 Å². The molecule has 0 saturated heterocycles. The van der Waals surface area contributed by atoms with E-state index in [4.69, 9.17) is 23.2 Å². The average molecular weight is 346 g/mol. The first-order valence-corrected chi connectivity index (χ1v) is 8.33. The van der Waals surface area contributed by atoms with Crippen LogP contribution in [0.5, 0.6) is 0 Å². The van der Waals surface area contributed by atoms with E-state index >= 15 is 0 Å². The summed E-state index contributed by atoms with van der Waals surface area (Å²) in [6.07, 6.45) is 2.80. The number of halogens is 2. The molecule has 2 aromatic rings. The smallest absolute Gasteiger partial charge is 0.265 e. The van der Waals surface area contributed by atoms with Crippen LogP contribution >= 0.6 is 23.2 Å². The Labute approximate surface area is 133 Å². The Bertz CT molecular complexity index is 751. The molecule has 0 fully saturated rings. The topological polar surface area (TPSA) is 71.1 Å². The van der Waals surface area contributed by atoms with Crippen molar-refractivity contribution in [3.63, 3.8) is 0 Å². The third-order valence-corrected chi connectivity index (χ3v) is 4.56. The molecule has 112 valence electrons. The number of hydrogen-bond acceptors (Lipinski definition) is 4. The lowest BCUT2D eigenvalue weighted by atomic mass is 10.3. The minimum atomic E-state index is -3.80. The van der Waals surface area contributed by atoms with Gasteiger partial charge >= 0.3 is 0 Å². The number of sulfonamides is 1. The summed E-state index contributed by atoms with van der Waals surface area (Å²) in [5.41, 5.74) is 0.734. The summed E-state index contributed by atoms with van der Waals surface area (Å²) in [5, 5.41) is 3.63. The van der Waals surface area contributed by atoms with Gasteiger partial charge in [-0.25, -0.2) is 8.42 Å². The molecule has 2 rings (SSSR count). The monoisotopic (exact) mass is 345 g/mol. The summed E-state index contributed by atoms with van der Waals surface area (Å²) in [4.78, 5) is 3.91. The molecule has 0 unspecified atom stereocenters. The number of rotatable bonds is 5. The van der Waals surface area contributed by atoms with Crippen LogP contribution in [0.4, 0.5) is 11.4 Å².